The highest BCUT2D eigenvalue weighted by atomic mass is 35.5. The van der Waals surface area contributed by atoms with Crippen molar-refractivity contribution >= 4 is 41.4 Å². The monoisotopic (exact) mass is 405 g/mol. The SMILES string of the molecule is Cl.O=C1CCc2cc(C(=O)Nc3ccc(N4CCNCC4)cn3)c(F)cc2N1. The average Bonchev–Trinajstić information content (AvgIpc) is 2.68. The highest BCUT2D eigenvalue weighted by Crippen LogP contribution is 2.26. The van der Waals surface area contributed by atoms with Crippen molar-refractivity contribution in [2.45, 2.75) is 12.8 Å². The number of benzene rings is 1. The number of piperazine rings is 1. The minimum Gasteiger partial charge on any atom is -0.368 e. The van der Waals surface area contributed by atoms with Crippen molar-refractivity contribution in [3.05, 3.63) is 47.4 Å². The number of anilines is 3. The number of fused-ring (bicyclic) bond motifs is 1. The van der Waals surface area contributed by atoms with E-state index in [-0.39, 0.29) is 23.9 Å². The third-order valence-electron chi connectivity index (χ3n) is 4.80. The molecule has 4 rings (SSSR count). The van der Waals surface area contributed by atoms with Crippen LogP contribution in [-0.4, -0.2) is 43.0 Å². The molecule has 0 spiro atoms. The van der Waals surface area contributed by atoms with Crippen LogP contribution in [0.3, 0.4) is 0 Å². The Labute approximate surface area is 168 Å². The lowest BCUT2D eigenvalue weighted by molar-refractivity contribution is -0.116. The van der Waals surface area contributed by atoms with Crippen LogP contribution in [-0.2, 0) is 11.2 Å². The molecule has 2 amide bonds. The van der Waals surface area contributed by atoms with Crippen LogP contribution in [0.1, 0.15) is 22.3 Å². The van der Waals surface area contributed by atoms with Gasteiger partial charge in [0.25, 0.3) is 5.91 Å². The Bertz CT molecular complexity index is 885. The van der Waals surface area contributed by atoms with Crippen LogP contribution in [0.25, 0.3) is 0 Å². The molecule has 28 heavy (non-hydrogen) atoms. The zero-order chi connectivity index (χ0) is 18.8. The van der Waals surface area contributed by atoms with Gasteiger partial charge in [0.1, 0.15) is 11.6 Å². The summed E-state index contributed by atoms with van der Waals surface area (Å²) >= 11 is 0. The van der Waals surface area contributed by atoms with E-state index in [0.29, 0.717) is 24.3 Å². The first-order valence-electron chi connectivity index (χ1n) is 8.95. The van der Waals surface area contributed by atoms with Gasteiger partial charge in [0.05, 0.1) is 17.4 Å². The largest absolute Gasteiger partial charge is 0.368 e. The lowest BCUT2D eigenvalue weighted by Crippen LogP contribution is -2.43. The summed E-state index contributed by atoms with van der Waals surface area (Å²) in [6.07, 6.45) is 2.52. The maximum atomic E-state index is 14.3. The Morgan fingerprint density at radius 2 is 1.96 bits per heavy atom. The summed E-state index contributed by atoms with van der Waals surface area (Å²) in [4.78, 5) is 30.4. The Morgan fingerprint density at radius 3 is 2.68 bits per heavy atom. The molecule has 0 radical (unpaired) electrons. The van der Waals surface area contributed by atoms with E-state index in [1.54, 1.807) is 12.3 Å². The van der Waals surface area contributed by atoms with Gasteiger partial charge in [-0.3, -0.25) is 9.59 Å². The molecule has 9 heteroatoms. The molecule has 2 aliphatic heterocycles. The third-order valence-corrected chi connectivity index (χ3v) is 4.80. The predicted molar refractivity (Wildman–Crippen MR) is 108 cm³/mol. The fraction of sp³-hybridized carbons (Fsp3) is 0.316. The Morgan fingerprint density at radius 1 is 1.18 bits per heavy atom. The fourth-order valence-corrected chi connectivity index (χ4v) is 3.33. The quantitative estimate of drug-likeness (QED) is 0.728. The molecule has 1 fully saturated rings. The normalized spacial score (nSPS) is 15.9. The number of pyridine rings is 1. The highest BCUT2D eigenvalue weighted by Gasteiger charge is 2.21. The zero-order valence-corrected chi connectivity index (χ0v) is 15.9. The highest BCUT2D eigenvalue weighted by molar-refractivity contribution is 6.05. The summed E-state index contributed by atoms with van der Waals surface area (Å²) in [5.41, 5.74) is 2.12. The molecule has 3 heterocycles. The van der Waals surface area contributed by atoms with Crippen LogP contribution in [0.2, 0.25) is 0 Å². The van der Waals surface area contributed by atoms with E-state index in [1.807, 2.05) is 6.07 Å². The van der Waals surface area contributed by atoms with Crippen LogP contribution in [0, 0.1) is 5.82 Å². The topological polar surface area (TPSA) is 86.4 Å². The zero-order valence-electron chi connectivity index (χ0n) is 15.1. The number of carbonyl (C=O) groups excluding carboxylic acids is 2. The molecule has 0 unspecified atom stereocenters. The molecule has 148 valence electrons. The van der Waals surface area contributed by atoms with Crippen LogP contribution in [0.4, 0.5) is 21.6 Å². The standard InChI is InChI=1S/C19H20FN5O2.ClH/c20-15-10-16-12(1-4-18(26)23-16)9-14(15)19(27)24-17-3-2-13(11-22-17)25-7-5-21-6-8-25;/h2-3,9-11,21H,1,4-8H2,(H,23,26)(H,22,24,27);1H. The number of amides is 2. The van der Waals surface area contributed by atoms with Gasteiger partial charge >= 0.3 is 0 Å². The molecule has 2 aromatic rings. The van der Waals surface area contributed by atoms with E-state index in [9.17, 15) is 14.0 Å². The lowest BCUT2D eigenvalue weighted by Gasteiger charge is -2.29. The van der Waals surface area contributed by atoms with Gasteiger partial charge in [0.15, 0.2) is 0 Å². The van der Waals surface area contributed by atoms with Gasteiger partial charge in [0, 0.05) is 38.3 Å². The number of aromatic nitrogens is 1. The van der Waals surface area contributed by atoms with Crippen molar-refractivity contribution < 1.29 is 14.0 Å². The van der Waals surface area contributed by atoms with Gasteiger partial charge in [-0.05, 0) is 36.2 Å². The molecule has 0 aliphatic carbocycles. The Hall–Kier alpha value is -2.71. The van der Waals surface area contributed by atoms with Crippen LogP contribution >= 0.6 is 12.4 Å². The number of carbonyl (C=O) groups is 2. The van der Waals surface area contributed by atoms with E-state index in [4.69, 9.17) is 0 Å². The molecule has 2 aliphatic rings. The molecule has 3 N–H and O–H groups in total. The number of aryl methyl sites for hydroxylation is 1. The molecular weight excluding hydrogens is 385 g/mol. The number of halogens is 2. The number of hydrogen-bond donors (Lipinski definition) is 3. The lowest BCUT2D eigenvalue weighted by atomic mass is 9.99. The first kappa shape index (κ1) is 20.0. The maximum absolute atomic E-state index is 14.3. The van der Waals surface area contributed by atoms with Crippen LogP contribution in [0.15, 0.2) is 30.5 Å². The molecule has 7 nitrogen and oxygen atoms in total. The predicted octanol–water partition coefficient (Wildman–Crippen LogP) is 2.19. The van der Waals surface area contributed by atoms with Crippen molar-refractivity contribution in [1.82, 2.24) is 10.3 Å². The van der Waals surface area contributed by atoms with Gasteiger partial charge in [-0.15, -0.1) is 12.4 Å². The molecular formula is C19H21ClFN5O2. The van der Waals surface area contributed by atoms with E-state index < -0.39 is 11.7 Å². The smallest absolute Gasteiger partial charge is 0.259 e. The van der Waals surface area contributed by atoms with E-state index in [2.05, 4.69) is 25.8 Å². The molecule has 0 atom stereocenters. The molecule has 0 bridgehead atoms. The van der Waals surface area contributed by atoms with Gasteiger partial charge in [-0.25, -0.2) is 9.37 Å². The van der Waals surface area contributed by atoms with E-state index in [1.165, 1.54) is 12.1 Å². The first-order valence-corrected chi connectivity index (χ1v) is 8.95. The number of rotatable bonds is 3. The van der Waals surface area contributed by atoms with Crippen molar-refractivity contribution in [3.63, 3.8) is 0 Å². The second-order valence-electron chi connectivity index (χ2n) is 6.63. The summed E-state index contributed by atoms with van der Waals surface area (Å²) in [5, 5.41) is 8.55. The molecule has 0 saturated carbocycles. The molecule has 1 aromatic carbocycles. The van der Waals surface area contributed by atoms with Crippen molar-refractivity contribution in [2.75, 3.05) is 41.7 Å². The summed E-state index contributed by atoms with van der Waals surface area (Å²) < 4.78 is 14.3. The molecule has 1 saturated heterocycles. The van der Waals surface area contributed by atoms with Crippen molar-refractivity contribution in [2.24, 2.45) is 0 Å². The van der Waals surface area contributed by atoms with E-state index >= 15 is 0 Å². The average molecular weight is 406 g/mol. The maximum Gasteiger partial charge on any atom is 0.259 e. The Kier molecular flexibility index (Phi) is 6.11. The van der Waals surface area contributed by atoms with Gasteiger partial charge in [0.2, 0.25) is 5.91 Å². The second-order valence-corrected chi connectivity index (χ2v) is 6.63. The minimum absolute atomic E-state index is 0. The fourth-order valence-electron chi connectivity index (χ4n) is 3.33. The third kappa shape index (κ3) is 4.23. The summed E-state index contributed by atoms with van der Waals surface area (Å²) in [5.74, 6) is -1.02. The second kappa shape index (κ2) is 8.53. The van der Waals surface area contributed by atoms with Crippen molar-refractivity contribution in [3.8, 4) is 0 Å². The Balaban J connectivity index is 0.00000225. The van der Waals surface area contributed by atoms with Crippen molar-refractivity contribution in [1.29, 1.82) is 0 Å². The summed E-state index contributed by atoms with van der Waals surface area (Å²) in [7, 11) is 0. The van der Waals surface area contributed by atoms with Gasteiger partial charge in [-0.1, -0.05) is 0 Å². The van der Waals surface area contributed by atoms with Crippen LogP contribution < -0.4 is 20.9 Å². The first-order chi connectivity index (χ1) is 13.1. The van der Waals surface area contributed by atoms with Gasteiger partial charge in [-0.2, -0.15) is 0 Å². The van der Waals surface area contributed by atoms with Crippen LogP contribution in [0.5, 0.6) is 0 Å². The number of hydrogen-bond acceptors (Lipinski definition) is 5. The number of nitrogens with one attached hydrogen (secondary N) is 3. The summed E-state index contributed by atoms with van der Waals surface area (Å²) in [6.45, 7) is 3.67. The van der Waals surface area contributed by atoms with E-state index in [0.717, 1.165) is 37.4 Å². The number of nitrogens with zero attached hydrogens (tertiary/aromatic N) is 2. The van der Waals surface area contributed by atoms with Gasteiger partial charge < -0.3 is 20.9 Å². The summed E-state index contributed by atoms with van der Waals surface area (Å²) in [6, 6.07) is 6.30. The molecule has 1 aromatic heterocycles. The minimum atomic E-state index is -0.675.